The minimum Gasteiger partial charge on any atom is -0.462 e. The van der Waals surface area contributed by atoms with Gasteiger partial charge in [0.2, 0.25) is 0 Å². The number of unbranched alkanes of at least 4 members (excludes halogenated alkanes) is 21. The molecule has 2 aliphatic rings. The van der Waals surface area contributed by atoms with Crippen LogP contribution in [0.5, 0.6) is 0 Å². The maximum absolute atomic E-state index is 13.0. The van der Waals surface area contributed by atoms with Gasteiger partial charge in [-0.2, -0.15) is 0 Å². The topological polar surface area (TPSA) is 231 Å². The highest BCUT2D eigenvalue weighted by Gasteiger charge is 2.47. The number of allylic oxidation sites excluding steroid dienone is 4. The van der Waals surface area contributed by atoms with Gasteiger partial charge in [-0.1, -0.05) is 160 Å². The summed E-state index contributed by atoms with van der Waals surface area (Å²) in [5.74, 6) is -0.973. The SMILES string of the molecule is CCCCCCCCCCC/C=C/C/C=C/CCCC(=O)OC[C@@H](CO[C@@H]1O[C@H](CO[C@@H]2O[C@H](CO)[C@H](O)C(O)C2O)[C@H](O)C(O)C1O)OC(=O)CCCCCCCCCCCCCC. The molecular formula is C50H90O15. The van der Waals surface area contributed by atoms with Gasteiger partial charge in [0, 0.05) is 12.8 Å². The summed E-state index contributed by atoms with van der Waals surface area (Å²) in [4.78, 5) is 25.7. The lowest BCUT2D eigenvalue weighted by molar-refractivity contribution is -0.332. The van der Waals surface area contributed by atoms with E-state index in [1.165, 1.54) is 109 Å². The molecule has 0 aromatic carbocycles. The summed E-state index contributed by atoms with van der Waals surface area (Å²) in [5.41, 5.74) is 0. The summed E-state index contributed by atoms with van der Waals surface area (Å²) >= 11 is 0. The lowest BCUT2D eigenvalue weighted by Crippen LogP contribution is -2.61. The quantitative estimate of drug-likeness (QED) is 0.0192. The molecule has 0 bridgehead atoms. The van der Waals surface area contributed by atoms with Crippen LogP contribution >= 0.6 is 0 Å². The van der Waals surface area contributed by atoms with Crippen molar-refractivity contribution in [1.82, 2.24) is 0 Å². The lowest BCUT2D eigenvalue weighted by Gasteiger charge is -2.42. The van der Waals surface area contributed by atoms with E-state index in [4.69, 9.17) is 28.4 Å². The molecule has 65 heavy (non-hydrogen) atoms. The van der Waals surface area contributed by atoms with Crippen LogP contribution in [0, 0.1) is 0 Å². The van der Waals surface area contributed by atoms with Gasteiger partial charge in [-0.25, -0.2) is 0 Å². The number of ether oxygens (including phenoxy) is 6. The van der Waals surface area contributed by atoms with Gasteiger partial charge in [-0.15, -0.1) is 0 Å². The van der Waals surface area contributed by atoms with E-state index in [0.717, 1.165) is 32.1 Å². The van der Waals surface area contributed by atoms with Crippen LogP contribution in [0.1, 0.15) is 187 Å². The van der Waals surface area contributed by atoms with Gasteiger partial charge < -0.3 is 64.2 Å². The number of rotatable bonds is 39. The first kappa shape index (κ1) is 59.1. The maximum atomic E-state index is 13.0. The Bertz CT molecular complexity index is 1230. The van der Waals surface area contributed by atoms with E-state index in [1.807, 2.05) is 6.08 Å². The van der Waals surface area contributed by atoms with Crippen LogP contribution in [-0.2, 0) is 38.0 Å². The number of esters is 2. The third kappa shape index (κ3) is 26.4. The number of hydrogen-bond donors (Lipinski definition) is 7. The normalized spacial score (nSPS) is 26.5. The average Bonchev–Trinajstić information content (AvgIpc) is 3.30. The van der Waals surface area contributed by atoms with Gasteiger partial charge in [-0.05, 0) is 38.5 Å². The van der Waals surface area contributed by atoms with E-state index in [9.17, 15) is 45.3 Å². The van der Waals surface area contributed by atoms with Crippen molar-refractivity contribution in [2.75, 3.05) is 26.4 Å². The molecule has 2 aliphatic heterocycles. The number of aliphatic hydroxyl groups is 7. The van der Waals surface area contributed by atoms with E-state index in [-0.39, 0.29) is 19.4 Å². The summed E-state index contributed by atoms with van der Waals surface area (Å²) in [7, 11) is 0. The van der Waals surface area contributed by atoms with E-state index in [0.29, 0.717) is 19.3 Å². The van der Waals surface area contributed by atoms with Crippen molar-refractivity contribution in [3.05, 3.63) is 24.3 Å². The first-order valence-electron chi connectivity index (χ1n) is 25.4. The molecule has 2 fully saturated rings. The summed E-state index contributed by atoms with van der Waals surface area (Å²) in [5, 5.41) is 72.0. The summed E-state index contributed by atoms with van der Waals surface area (Å²) in [6, 6.07) is 0. The fourth-order valence-electron chi connectivity index (χ4n) is 7.96. The zero-order valence-electron chi connectivity index (χ0n) is 40.0. The zero-order valence-corrected chi connectivity index (χ0v) is 40.0. The van der Waals surface area contributed by atoms with Crippen molar-refractivity contribution in [3.8, 4) is 0 Å². The molecule has 2 saturated heterocycles. The Morgan fingerprint density at radius 1 is 0.492 bits per heavy atom. The zero-order chi connectivity index (χ0) is 47.5. The highest BCUT2D eigenvalue weighted by atomic mass is 16.7. The molecule has 4 unspecified atom stereocenters. The van der Waals surface area contributed by atoms with Crippen LogP contribution in [0.2, 0.25) is 0 Å². The van der Waals surface area contributed by atoms with Gasteiger partial charge in [-0.3, -0.25) is 9.59 Å². The molecule has 380 valence electrons. The second-order valence-corrected chi connectivity index (χ2v) is 18.0. The van der Waals surface area contributed by atoms with Crippen molar-refractivity contribution in [3.63, 3.8) is 0 Å². The molecule has 2 heterocycles. The van der Waals surface area contributed by atoms with Crippen molar-refractivity contribution in [2.45, 2.75) is 255 Å². The molecule has 0 saturated carbocycles. The van der Waals surface area contributed by atoms with Gasteiger partial charge in [0.15, 0.2) is 18.7 Å². The van der Waals surface area contributed by atoms with Crippen LogP contribution in [0.3, 0.4) is 0 Å². The predicted molar refractivity (Wildman–Crippen MR) is 247 cm³/mol. The molecule has 2 rings (SSSR count). The first-order chi connectivity index (χ1) is 31.5. The molecule has 15 nitrogen and oxygen atoms in total. The Morgan fingerprint density at radius 2 is 0.938 bits per heavy atom. The van der Waals surface area contributed by atoms with Crippen LogP contribution < -0.4 is 0 Å². The van der Waals surface area contributed by atoms with Gasteiger partial charge >= 0.3 is 11.9 Å². The fraction of sp³-hybridized carbons (Fsp3) is 0.880. The van der Waals surface area contributed by atoms with Crippen molar-refractivity contribution >= 4 is 11.9 Å². The highest BCUT2D eigenvalue weighted by molar-refractivity contribution is 5.70. The standard InChI is InChI=1S/C50H90O15/c1-3-5-7-9-11-13-15-17-18-19-20-21-23-24-26-28-30-32-41(52)60-35-38(63-42(53)33-31-29-27-25-22-16-14-12-10-8-6-4-2)36-61-49-48(59)46(57)44(55)40(65-49)37-62-50-47(58)45(56)43(54)39(34-51)64-50/h20-21,24,26,38-40,43-51,54-59H,3-19,22-23,25,27-37H2,1-2H3/b21-20+,26-24+/t38-,39+,40+,43-,44-,45?,46?,47?,48?,49+,50+/m0/s1. The van der Waals surface area contributed by atoms with E-state index >= 15 is 0 Å². The molecule has 15 heteroatoms. The predicted octanol–water partition coefficient (Wildman–Crippen LogP) is 6.77. The number of aliphatic hydroxyl groups excluding tert-OH is 7. The molecule has 0 radical (unpaired) electrons. The van der Waals surface area contributed by atoms with Gasteiger partial charge in [0.25, 0.3) is 0 Å². The summed E-state index contributed by atoms with van der Waals surface area (Å²) in [6.45, 7) is 2.55. The second-order valence-electron chi connectivity index (χ2n) is 18.0. The second kappa shape index (κ2) is 37.9. The molecule has 0 spiro atoms. The molecule has 0 aliphatic carbocycles. The van der Waals surface area contributed by atoms with Crippen molar-refractivity contribution < 1.29 is 73.8 Å². The lowest BCUT2D eigenvalue weighted by atomic mass is 9.98. The number of hydrogen-bond acceptors (Lipinski definition) is 15. The van der Waals surface area contributed by atoms with Gasteiger partial charge in [0.05, 0.1) is 19.8 Å². The van der Waals surface area contributed by atoms with Crippen molar-refractivity contribution in [1.29, 1.82) is 0 Å². The number of carbonyl (C=O) groups is 2. The molecule has 0 aromatic rings. The summed E-state index contributed by atoms with van der Waals surface area (Å²) < 4.78 is 33.5. The Morgan fingerprint density at radius 3 is 1.48 bits per heavy atom. The first-order valence-corrected chi connectivity index (χ1v) is 25.4. The monoisotopic (exact) mass is 931 g/mol. The minimum atomic E-state index is -1.77. The molecule has 7 N–H and O–H groups in total. The van der Waals surface area contributed by atoms with Gasteiger partial charge in [0.1, 0.15) is 55.4 Å². The Hall–Kier alpha value is -2.02. The average molecular weight is 931 g/mol. The minimum absolute atomic E-state index is 0.157. The van der Waals surface area contributed by atoms with Crippen LogP contribution in [0.4, 0.5) is 0 Å². The van der Waals surface area contributed by atoms with Crippen LogP contribution in [0.15, 0.2) is 24.3 Å². The maximum Gasteiger partial charge on any atom is 0.306 e. The van der Waals surface area contributed by atoms with Crippen molar-refractivity contribution in [2.24, 2.45) is 0 Å². The Labute approximate surface area is 390 Å². The Balaban J connectivity index is 1.82. The summed E-state index contributed by atoms with van der Waals surface area (Å²) in [6.07, 6.45) is 20.8. The smallest absolute Gasteiger partial charge is 0.306 e. The molecular weight excluding hydrogens is 841 g/mol. The highest BCUT2D eigenvalue weighted by Crippen LogP contribution is 2.26. The fourth-order valence-corrected chi connectivity index (χ4v) is 7.96. The largest absolute Gasteiger partial charge is 0.462 e. The van der Waals surface area contributed by atoms with Crippen LogP contribution in [0.25, 0.3) is 0 Å². The van der Waals surface area contributed by atoms with E-state index < -0.39 is 99.3 Å². The number of carbonyl (C=O) groups excluding carboxylic acids is 2. The van der Waals surface area contributed by atoms with E-state index in [2.05, 4.69) is 32.1 Å². The molecule has 0 aromatic heterocycles. The van der Waals surface area contributed by atoms with E-state index in [1.54, 1.807) is 0 Å². The Kier molecular flexibility index (Phi) is 34.5. The molecule has 11 atom stereocenters. The third-order valence-corrected chi connectivity index (χ3v) is 12.2. The third-order valence-electron chi connectivity index (χ3n) is 12.2. The molecule has 0 amide bonds. The van der Waals surface area contributed by atoms with Crippen LogP contribution in [-0.4, -0.2) is 142 Å².